The molecule has 0 atom stereocenters. The minimum Gasteiger partial charge on any atom is -0.319 e. The second-order valence-electron chi connectivity index (χ2n) is 3.86. The van der Waals surface area contributed by atoms with Crippen molar-refractivity contribution < 1.29 is 4.79 Å². The molecule has 2 rings (SSSR count). The van der Waals surface area contributed by atoms with Crippen LogP contribution >= 0.6 is 23.2 Å². The second-order valence-corrected chi connectivity index (χ2v) is 4.60. The Labute approximate surface area is 115 Å². The number of rotatable bonds is 2. The Morgan fingerprint density at radius 2 is 2.11 bits per heavy atom. The van der Waals surface area contributed by atoms with E-state index in [9.17, 15) is 4.79 Å². The van der Waals surface area contributed by atoms with Crippen molar-refractivity contribution in [2.75, 3.05) is 5.32 Å². The molecule has 4 nitrogen and oxygen atoms in total. The van der Waals surface area contributed by atoms with Gasteiger partial charge in [0.25, 0.3) is 5.91 Å². The number of hydrogen-bond acceptors (Lipinski definition) is 2. The summed E-state index contributed by atoms with van der Waals surface area (Å²) in [4.78, 5) is 15.9. The van der Waals surface area contributed by atoms with Crippen molar-refractivity contribution in [1.82, 2.24) is 9.55 Å². The van der Waals surface area contributed by atoms with Gasteiger partial charge in [0.15, 0.2) is 0 Å². The van der Waals surface area contributed by atoms with Crippen molar-refractivity contribution in [3.8, 4) is 0 Å². The zero-order valence-electron chi connectivity index (χ0n) is 9.87. The molecule has 1 N–H and O–H groups in total. The zero-order chi connectivity index (χ0) is 13.3. The van der Waals surface area contributed by atoms with Crippen LogP contribution in [0.3, 0.4) is 0 Å². The van der Waals surface area contributed by atoms with Gasteiger partial charge in [-0.15, -0.1) is 0 Å². The summed E-state index contributed by atoms with van der Waals surface area (Å²) in [7, 11) is 1.67. The van der Waals surface area contributed by atoms with Gasteiger partial charge in [0.05, 0.1) is 16.9 Å². The van der Waals surface area contributed by atoms with E-state index in [2.05, 4.69) is 10.3 Å². The number of aromatic nitrogens is 2. The van der Waals surface area contributed by atoms with Crippen LogP contribution in [-0.2, 0) is 7.05 Å². The molecule has 0 aliphatic rings. The van der Waals surface area contributed by atoms with Gasteiger partial charge in [0.1, 0.15) is 5.69 Å². The third kappa shape index (κ3) is 2.35. The van der Waals surface area contributed by atoms with Crippen LogP contribution in [0.4, 0.5) is 5.69 Å². The third-order valence-corrected chi connectivity index (χ3v) is 3.29. The van der Waals surface area contributed by atoms with Gasteiger partial charge in [-0.2, -0.15) is 0 Å². The predicted molar refractivity (Wildman–Crippen MR) is 72.4 cm³/mol. The normalized spacial score (nSPS) is 10.4. The van der Waals surface area contributed by atoms with Crippen LogP contribution in [0.1, 0.15) is 16.1 Å². The van der Waals surface area contributed by atoms with E-state index >= 15 is 0 Å². The highest BCUT2D eigenvalue weighted by Gasteiger charge is 2.15. The van der Waals surface area contributed by atoms with E-state index in [-0.39, 0.29) is 11.2 Å². The van der Waals surface area contributed by atoms with Gasteiger partial charge in [0.2, 0.25) is 5.28 Å². The first kappa shape index (κ1) is 12.9. The molecule has 0 saturated carbocycles. The molecular weight excluding hydrogens is 273 g/mol. The highest BCUT2D eigenvalue weighted by atomic mass is 35.5. The van der Waals surface area contributed by atoms with E-state index in [4.69, 9.17) is 23.2 Å². The summed E-state index contributed by atoms with van der Waals surface area (Å²) in [6.45, 7) is 1.87. The van der Waals surface area contributed by atoms with E-state index in [0.29, 0.717) is 16.4 Å². The lowest BCUT2D eigenvalue weighted by atomic mass is 10.2. The number of benzene rings is 1. The molecule has 6 heteroatoms. The largest absolute Gasteiger partial charge is 0.319 e. The molecule has 1 aromatic carbocycles. The summed E-state index contributed by atoms with van der Waals surface area (Å²) in [6, 6.07) is 5.42. The zero-order valence-corrected chi connectivity index (χ0v) is 11.4. The van der Waals surface area contributed by atoms with Crippen molar-refractivity contribution in [2.45, 2.75) is 6.92 Å². The molecule has 2 aromatic rings. The topological polar surface area (TPSA) is 46.9 Å². The molecular formula is C12H11Cl2N3O. The molecule has 0 unspecified atom stereocenters. The average molecular weight is 284 g/mol. The van der Waals surface area contributed by atoms with Gasteiger partial charge in [-0.05, 0) is 30.2 Å². The lowest BCUT2D eigenvalue weighted by molar-refractivity contribution is 0.101. The third-order valence-electron chi connectivity index (χ3n) is 2.62. The molecule has 0 radical (unpaired) electrons. The summed E-state index contributed by atoms with van der Waals surface area (Å²) >= 11 is 11.8. The van der Waals surface area contributed by atoms with Gasteiger partial charge in [-0.3, -0.25) is 4.79 Å². The SMILES string of the molecule is Cc1cccc(Cl)c1NC(=O)c1cnc(Cl)n1C. The number of nitrogens with one attached hydrogen (secondary N) is 1. The molecule has 1 amide bonds. The highest BCUT2D eigenvalue weighted by molar-refractivity contribution is 6.34. The smallest absolute Gasteiger partial charge is 0.274 e. The summed E-state index contributed by atoms with van der Waals surface area (Å²) in [5, 5.41) is 3.52. The van der Waals surface area contributed by atoms with E-state index < -0.39 is 0 Å². The first-order valence-corrected chi connectivity index (χ1v) is 6.00. The van der Waals surface area contributed by atoms with Crippen LogP contribution in [0.5, 0.6) is 0 Å². The first-order valence-electron chi connectivity index (χ1n) is 5.24. The Balaban J connectivity index is 2.30. The summed E-state index contributed by atoms with van der Waals surface area (Å²) in [5.41, 5.74) is 1.87. The second kappa shape index (κ2) is 5.00. The Morgan fingerprint density at radius 1 is 1.39 bits per heavy atom. The molecule has 1 heterocycles. The quantitative estimate of drug-likeness (QED) is 0.919. The molecule has 94 valence electrons. The van der Waals surface area contributed by atoms with Crippen LogP contribution in [0.15, 0.2) is 24.4 Å². The van der Waals surface area contributed by atoms with Crippen molar-refractivity contribution in [2.24, 2.45) is 7.05 Å². The number of hydrogen-bond donors (Lipinski definition) is 1. The highest BCUT2D eigenvalue weighted by Crippen LogP contribution is 2.25. The number of carbonyl (C=O) groups is 1. The monoisotopic (exact) mass is 283 g/mol. The van der Waals surface area contributed by atoms with Crippen LogP contribution in [0.25, 0.3) is 0 Å². The number of halogens is 2. The lowest BCUT2D eigenvalue weighted by Crippen LogP contribution is -2.16. The van der Waals surface area contributed by atoms with Crippen molar-refractivity contribution in [3.05, 3.63) is 46.0 Å². The number of amides is 1. The number of anilines is 1. The Hall–Kier alpha value is -1.52. The van der Waals surface area contributed by atoms with E-state index in [1.54, 1.807) is 13.1 Å². The van der Waals surface area contributed by atoms with Gasteiger partial charge >= 0.3 is 0 Å². The fourth-order valence-corrected chi connectivity index (χ4v) is 1.97. The number of para-hydroxylation sites is 1. The summed E-state index contributed by atoms with van der Waals surface area (Å²) in [6.07, 6.45) is 1.42. The molecule has 0 aliphatic carbocycles. The van der Waals surface area contributed by atoms with Gasteiger partial charge in [-0.25, -0.2) is 4.98 Å². The number of nitrogens with zero attached hydrogens (tertiary/aromatic N) is 2. The number of aryl methyl sites for hydroxylation is 1. The predicted octanol–water partition coefficient (Wildman–Crippen LogP) is 3.29. The molecule has 0 spiro atoms. The van der Waals surface area contributed by atoms with E-state index in [1.165, 1.54) is 10.8 Å². The maximum absolute atomic E-state index is 12.1. The van der Waals surface area contributed by atoms with Crippen LogP contribution < -0.4 is 5.32 Å². The Kier molecular flexibility index (Phi) is 3.59. The fraction of sp³-hybridized carbons (Fsp3) is 0.167. The first-order chi connectivity index (χ1) is 8.50. The molecule has 0 saturated heterocycles. The van der Waals surface area contributed by atoms with E-state index in [1.807, 2.05) is 19.1 Å². The van der Waals surface area contributed by atoms with Gasteiger partial charge < -0.3 is 9.88 Å². The molecule has 18 heavy (non-hydrogen) atoms. The van der Waals surface area contributed by atoms with Crippen LogP contribution in [0.2, 0.25) is 10.3 Å². The molecule has 1 aromatic heterocycles. The van der Waals surface area contributed by atoms with Crippen molar-refractivity contribution in [1.29, 1.82) is 0 Å². The van der Waals surface area contributed by atoms with Crippen LogP contribution in [-0.4, -0.2) is 15.5 Å². The van der Waals surface area contributed by atoms with Crippen molar-refractivity contribution >= 4 is 34.8 Å². The number of imidazole rings is 1. The summed E-state index contributed by atoms with van der Waals surface area (Å²) < 4.78 is 1.50. The lowest BCUT2D eigenvalue weighted by Gasteiger charge is -2.10. The summed E-state index contributed by atoms with van der Waals surface area (Å²) in [5.74, 6) is -0.298. The standard InChI is InChI=1S/C12H11Cl2N3O/c1-7-4-3-5-8(13)10(7)16-11(18)9-6-15-12(14)17(9)2/h3-6H,1-2H3,(H,16,18). The number of carbonyl (C=O) groups excluding carboxylic acids is 1. The Bertz CT molecular complexity index is 587. The fourth-order valence-electron chi connectivity index (χ4n) is 1.57. The minimum atomic E-state index is -0.298. The molecule has 0 fully saturated rings. The maximum Gasteiger partial charge on any atom is 0.274 e. The molecule has 0 bridgehead atoms. The van der Waals surface area contributed by atoms with Crippen molar-refractivity contribution in [3.63, 3.8) is 0 Å². The van der Waals surface area contributed by atoms with E-state index in [0.717, 1.165) is 5.56 Å². The van der Waals surface area contributed by atoms with Gasteiger partial charge in [0, 0.05) is 7.05 Å². The van der Waals surface area contributed by atoms with Gasteiger partial charge in [-0.1, -0.05) is 23.7 Å². The average Bonchev–Trinajstić information content (AvgIpc) is 2.65. The minimum absolute atomic E-state index is 0.260. The Morgan fingerprint density at radius 3 is 2.67 bits per heavy atom. The maximum atomic E-state index is 12.1. The van der Waals surface area contributed by atoms with Crippen LogP contribution in [0, 0.1) is 6.92 Å². The molecule has 0 aliphatic heterocycles.